The Balaban J connectivity index is 1.88. The molecular formula is C11H18S. The Hall–Kier alpha value is 0.350. The topological polar surface area (TPSA) is 0 Å². The van der Waals surface area contributed by atoms with Crippen molar-refractivity contribution in [2.24, 2.45) is 16.7 Å². The Labute approximate surface area is 80.5 Å². The van der Waals surface area contributed by atoms with E-state index in [-0.39, 0.29) is 0 Å². The molecule has 3 aliphatic rings. The van der Waals surface area contributed by atoms with E-state index in [0.29, 0.717) is 4.75 Å². The first-order valence-corrected chi connectivity index (χ1v) is 5.76. The van der Waals surface area contributed by atoms with Gasteiger partial charge in [-0.15, -0.1) is 0 Å². The second-order valence-electron chi connectivity index (χ2n) is 5.46. The minimum Gasteiger partial charge on any atom is -0.172 e. The van der Waals surface area contributed by atoms with Crippen molar-refractivity contribution in [3.8, 4) is 0 Å². The molecule has 0 aromatic rings. The van der Waals surface area contributed by atoms with Gasteiger partial charge in [0.2, 0.25) is 0 Å². The summed E-state index contributed by atoms with van der Waals surface area (Å²) in [4.78, 5) is 0. The highest BCUT2D eigenvalue weighted by atomic mass is 32.1. The Morgan fingerprint density at radius 3 is 1.92 bits per heavy atom. The summed E-state index contributed by atoms with van der Waals surface area (Å²) in [6.45, 7) is 4.64. The molecule has 0 aromatic heterocycles. The van der Waals surface area contributed by atoms with Crippen LogP contribution in [0.15, 0.2) is 0 Å². The summed E-state index contributed by atoms with van der Waals surface area (Å²) in [5, 5.41) is 0. The van der Waals surface area contributed by atoms with Crippen LogP contribution in [0.5, 0.6) is 0 Å². The molecule has 3 saturated carbocycles. The second kappa shape index (κ2) is 1.75. The maximum Gasteiger partial charge on any atom is 0.0138 e. The molecule has 0 heterocycles. The Morgan fingerprint density at radius 1 is 1.25 bits per heavy atom. The first-order valence-electron chi connectivity index (χ1n) is 5.31. The molecule has 68 valence electrons. The van der Waals surface area contributed by atoms with Crippen molar-refractivity contribution in [3.05, 3.63) is 0 Å². The fraction of sp³-hybridized carbons (Fsp3) is 1.00. The quantitative estimate of drug-likeness (QED) is 0.623. The molecule has 3 aliphatic carbocycles. The van der Waals surface area contributed by atoms with Gasteiger partial charge in [-0.1, -0.05) is 13.8 Å². The number of fused-ring (bicyclic) bond motifs is 1. The van der Waals surface area contributed by atoms with Gasteiger partial charge < -0.3 is 0 Å². The second-order valence-corrected chi connectivity index (χ2v) is 6.48. The third kappa shape index (κ3) is 0.615. The van der Waals surface area contributed by atoms with Crippen LogP contribution in [0.4, 0.5) is 0 Å². The van der Waals surface area contributed by atoms with Crippen LogP contribution in [0, 0.1) is 16.7 Å². The zero-order valence-electron chi connectivity index (χ0n) is 8.06. The van der Waals surface area contributed by atoms with Gasteiger partial charge in [0.1, 0.15) is 0 Å². The molecule has 0 aliphatic heterocycles. The molecule has 0 bridgehead atoms. The van der Waals surface area contributed by atoms with E-state index in [9.17, 15) is 0 Å². The average molecular weight is 182 g/mol. The maximum atomic E-state index is 4.85. The van der Waals surface area contributed by atoms with Gasteiger partial charge in [-0.2, -0.15) is 12.6 Å². The van der Waals surface area contributed by atoms with Crippen molar-refractivity contribution in [2.45, 2.75) is 50.7 Å². The number of rotatable bonds is 2. The molecule has 1 unspecified atom stereocenters. The smallest absolute Gasteiger partial charge is 0.0138 e. The first kappa shape index (κ1) is 7.73. The standard InChI is InChI=1S/C11H18S/c1-3-9(2,12)8-10(4-5-10)11(8)6-7-11/h8,12H,3-7H2,1-2H3. The van der Waals surface area contributed by atoms with Gasteiger partial charge in [0.25, 0.3) is 0 Å². The Kier molecular flexibility index (Phi) is 1.13. The van der Waals surface area contributed by atoms with Gasteiger partial charge in [0, 0.05) is 4.75 Å². The van der Waals surface area contributed by atoms with E-state index in [1.807, 2.05) is 0 Å². The molecule has 3 fully saturated rings. The minimum atomic E-state index is 0.340. The van der Waals surface area contributed by atoms with E-state index >= 15 is 0 Å². The lowest BCUT2D eigenvalue weighted by molar-refractivity contribution is 0.493. The van der Waals surface area contributed by atoms with E-state index < -0.39 is 0 Å². The third-order valence-corrected chi connectivity index (χ3v) is 5.50. The van der Waals surface area contributed by atoms with Crippen LogP contribution in [-0.4, -0.2) is 4.75 Å². The van der Waals surface area contributed by atoms with Crippen LogP contribution in [0.2, 0.25) is 0 Å². The van der Waals surface area contributed by atoms with Crippen molar-refractivity contribution in [1.82, 2.24) is 0 Å². The van der Waals surface area contributed by atoms with E-state index in [1.165, 1.54) is 32.1 Å². The van der Waals surface area contributed by atoms with Gasteiger partial charge in [-0.25, -0.2) is 0 Å². The third-order valence-electron chi connectivity index (χ3n) is 4.93. The summed E-state index contributed by atoms with van der Waals surface area (Å²) < 4.78 is 0.340. The predicted molar refractivity (Wildman–Crippen MR) is 54.5 cm³/mol. The lowest BCUT2D eigenvalue weighted by atomic mass is 9.98. The average Bonchev–Trinajstić information content (AvgIpc) is 2.83. The van der Waals surface area contributed by atoms with Crippen molar-refractivity contribution < 1.29 is 0 Å². The Bertz CT molecular complexity index is 215. The van der Waals surface area contributed by atoms with Gasteiger partial charge in [-0.05, 0) is 48.9 Å². The van der Waals surface area contributed by atoms with E-state index in [1.54, 1.807) is 0 Å². The maximum absolute atomic E-state index is 4.85. The van der Waals surface area contributed by atoms with Crippen molar-refractivity contribution >= 4 is 12.6 Å². The highest BCUT2D eigenvalue weighted by Gasteiger charge is 2.88. The molecule has 0 aromatic carbocycles. The molecule has 1 heteroatoms. The zero-order chi connectivity index (χ0) is 8.61. The summed E-state index contributed by atoms with van der Waals surface area (Å²) in [6, 6.07) is 0. The molecule has 0 N–H and O–H groups in total. The van der Waals surface area contributed by atoms with Crippen molar-refractivity contribution in [1.29, 1.82) is 0 Å². The molecule has 0 amide bonds. The van der Waals surface area contributed by atoms with Crippen molar-refractivity contribution in [3.63, 3.8) is 0 Å². The molecule has 0 saturated heterocycles. The minimum absolute atomic E-state index is 0.340. The summed E-state index contributed by atoms with van der Waals surface area (Å²) in [5.41, 5.74) is 1.67. The fourth-order valence-corrected chi connectivity index (χ4v) is 4.47. The summed E-state index contributed by atoms with van der Waals surface area (Å²) in [7, 11) is 0. The van der Waals surface area contributed by atoms with Gasteiger partial charge in [0.15, 0.2) is 0 Å². The monoisotopic (exact) mass is 182 g/mol. The van der Waals surface area contributed by atoms with Crippen molar-refractivity contribution in [2.75, 3.05) is 0 Å². The van der Waals surface area contributed by atoms with Gasteiger partial charge >= 0.3 is 0 Å². The van der Waals surface area contributed by atoms with Gasteiger partial charge in [-0.3, -0.25) is 0 Å². The normalized spacial score (nSPS) is 42.8. The zero-order valence-corrected chi connectivity index (χ0v) is 8.95. The summed E-state index contributed by atoms with van der Waals surface area (Å²) in [6.07, 6.45) is 7.33. The lowest BCUT2D eigenvalue weighted by Gasteiger charge is -2.22. The van der Waals surface area contributed by atoms with E-state index in [4.69, 9.17) is 12.6 Å². The molecule has 3 rings (SSSR count). The van der Waals surface area contributed by atoms with Crippen LogP contribution in [0.3, 0.4) is 0 Å². The predicted octanol–water partition coefficient (Wildman–Crippen LogP) is 3.28. The largest absolute Gasteiger partial charge is 0.172 e. The highest BCUT2D eigenvalue weighted by Crippen LogP contribution is 2.94. The first-order chi connectivity index (χ1) is 5.59. The fourth-order valence-electron chi connectivity index (χ4n) is 3.98. The molecular weight excluding hydrogens is 164 g/mol. The number of hydrogen-bond acceptors (Lipinski definition) is 1. The van der Waals surface area contributed by atoms with Crippen LogP contribution < -0.4 is 0 Å². The SMILES string of the molecule is CCC(C)(S)C1C2(CC2)C12CC2. The Morgan fingerprint density at radius 2 is 1.67 bits per heavy atom. The number of thiol groups is 1. The van der Waals surface area contributed by atoms with Crippen LogP contribution in [-0.2, 0) is 0 Å². The van der Waals surface area contributed by atoms with E-state index in [2.05, 4.69) is 13.8 Å². The van der Waals surface area contributed by atoms with Crippen LogP contribution in [0.25, 0.3) is 0 Å². The number of hydrogen-bond donors (Lipinski definition) is 1. The molecule has 0 radical (unpaired) electrons. The molecule has 12 heavy (non-hydrogen) atoms. The molecule has 1 atom stereocenters. The summed E-state index contributed by atoms with van der Waals surface area (Å²) >= 11 is 4.85. The van der Waals surface area contributed by atoms with Crippen LogP contribution >= 0.6 is 12.6 Å². The van der Waals surface area contributed by atoms with E-state index in [0.717, 1.165) is 16.7 Å². The van der Waals surface area contributed by atoms with Crippen LogP contribution in [0.1, 0.15) is 46.0 Å². The molecule has 2 spiro atoms. The van der Waals surface area contributed by atoms with Gasteiger partial charge in [0.05, 0.1) is 0 Å². The highest BCUT2D eigenvalue weighted by molar-refractivity contribution is 7.81. The lowest BCUT2D eigenvalue weighted by Crippen LogP contribution is -2.20. The summed E-state index contributed by atoms with van der Waals surface area (Å²) in [5.74, 6) is 0.978. The molecule has 0 nitrogen and oxygen atoms in total.